The fourth-order valence-electron chi connectivity index (χ4n) is 3.55. The van der Waals surface area contributed by atoms with Gasteiger partial charge in [-0.25, -0.2) is 4.68 Å². The Morgan fingerprint density at radius 2 is 1.88 bits per heavy atom. The van der Waals surface area contributed by atoms with Gasteiger partial charge in [0.05, 0.1) is 17.4 Å². The molecule has 0 atom stereocenters. The molecule has 1 amide bonds. The third kappa shape index (κ3) is 5.28. The van der Waals surface area contributed by atoms with Crippen LogP contribution >= 0.6 is 23.4 Å². The van der Waals surface area contributed by atoms with E-state index >= 15 is 0 Å². The van der Waals surface area contributed by atoms with Crippen molar-refractivity contribution in [2.75, 3.05) is 29.9 Å². The Morgan fingerprint density at radius 3 is 2.59 bits per heavy atom. The molecule has 1 fully saturated rings. The molecule has 0 spiro atoms. The summed E-state index contributed by atoms with van der Waals surface area (Å²) >= 11 is 7.83. The summed E-state index contributed by atoms with van der Waals surface area (Å²) in [6.07, 6.45) is -3.87. The van der Waals surface area contributed by atoms with Crippen LogP contribution < -0.4 is 5.32 Å². The van der Waals surface area contributed by atoms with Crippen LogP contribution in [0.1, 0.15) is 21.6 Å². The van der Waals surface area contributed by atoms with Gasteiger partial charge >= 0.3 is 6.18 Å². The maximum Gasteiger partial charge on any atom is 0.434 e. The van der Waals surface area contributed by atoms with Gasteiger partial charge in [0.25, 0.3) is 5.91 Å². The van der Waals surface area contributed by atoms with E-state index < -0.39 is 23.3 Å². The summed E-state index contributed by atoms with van der Waals surface area (Å²) in [7, 11) is 0. The minimum absolute atomic E-state index is 0.116. The second-order valence-electron chi connectivity index (χ2n) is 7.34. The van der Waals surface area contributed by atoms with Gasteiger partial charge in [-0.05, 0) is 35.9 Å². The van der Waals surface area contributed by atoms with Crippen molar-refractivity contribution < 1.29 is 18.0 Å². The third-order valence-electron chi connectivity index (χ3n) is 5.03. The number of carbonyl (C=O) groups excluding carboxylic acids is 1. The normalized spacial score (nSPS) is 15.0. The van der Waals surface area contributed by atoms with Crippen LogP contribution in [0.4, 0.5) is 18.9 Å². The molecule has 168 valence electrons. The van der Waals surface area contributed by atoms with Crippen LogP contribution in [0.3, 0.4) is 0 Å². The highest BCUT2D eigenvalue weighted by atomic mass is 35.5. The molecule has 4 rings (SSSR count). The number of hydrogen-bond acceptors (Lipinski definition) is 4. The lowest BCUT2D eigenvalue weighted by Gasteiger charge is -2.26. The van der Waals surface area contributed by atoms with Gasteiger partial charge in [0.2, 0.25) is 0 Å². The van der Waals surface area contributed by atoms with Crippen molar-refractivity contribution in [1.29, 1.82) is 0 Å². The molecular formula is C22H20ClF3N4OS. The molecule has 10 heteroatoms. The summed E-state index contributed by atoms with van der Waals surface area (Å²) in [6, 6.07) is 13.0. The molecule has 1 aliphatic heterocycles. The monoisotopic (exact) mass is 480 g/mol. The van der Waals surface area contributed by atoms with Crippen molar-refractivity contribution in [3.63, 3.8) is 0 Å². The molecule has 5 nitrogen and oxygen atoms in total. The molecule has 2 heterocycles. The van der Waals surface area contributed by atoms with Gasteiger partial charge in [0.15, 0.2) is 5.69 Å². The van der Waals surface area contributed by atoms with Crippen molar-refractivity contribution >= 4 is 35.0 Å². The van der Waals surface area contributed by atoms with E-state index in [1.807, 2.05) is 17.8 Å². The first kappa shape index (κ1) is 22.7. The fraction of sp³-hybridized carbons (Fsp3) is 0.273. The summed E-state index contributed by atoms with van der Waals surface area (Å²) in [5, 5.41) is 6.67. The summed E-state index contributed by atoms with van der Waals surface area (Å²) in [6.45, 7) is 2.70. The highest BCUT2D eigenvalue weighted by molar-refractivity contribution is 7.99. The summed E-state index contributed by atoms with van der Waals surface area (Å²) in [4.78, 5) is 15.1. The molecule has 1 saturated heterocycles. The van der Waals surface area contributed by atoms with E-state index in [1.165, 1.54) is 18.2 Å². The molecule has 1 N–H and O–H groups in total. The van der Waals surface area contributed by atoms with E-state index in [2.05, 4.69) is 15.3 Å². The predicted molar refractivity (Wildman–Crippen MR) is 121 cm³/mol. The average Bonchev–Trinajstić information content (AvgIpc) is 3.21. The lowest BCUT2D eigenvalue weighted by Crippen LogP contribution is -2.31. The van der Waals surface area contributed by atoms with Gasteiger partial charge in [-0.1, -0.05) is 29.8 Å². The first-order valence-electron chi connectivity index (χ1n) is 9.93. The van der Waals surface area contributed by atoms with Crippen molar-refractivity contribution in [2.24, 2.45) is 0 Å². The Bertz CT molecular complexity index is 1110. The molecule has 3 aromatic rings. The number of thioether (sulfide) groups is 1. The van der Waals surface area contributed by atoms with E-state index in [0.717, 1.165) is 42.9 Å². The van der Waals surface area contributed by atoms with Crippen LogP contribution in [0.5, 0.6) is 0 Å². The quantitative estimate of drug-likeness (QED) is 0.535. The molecule has 1 aromatic heterocycles. The molecule has 0 radical (unpaired) electrons. The van der Waals surface area contributed by atoms with Crippen molar-refractivity contribution in [1.82, 2.24) is 14.7 Å². The van der Waals surface area contributed by atoms with Crippen molar-refractivity contribution in [3.8, 4) is 5.69 Å². The Hall–Kier alpha value is -2.49. The number of halogens is 4. The number of hydrogen-bond donors (Lipinski definition) is 1. The number of benzene rings is 2. The van der Waals surface area contributed by atoms with E-state index in [1.54, 1.807) is 24.3 Å². The van der Waals surface area contributed by atoms with Gasteiger partial charge in [-0.2, -0.15) is 30.0 Å². The zero-order valence-corrected chi connectivity index (χ0v) is 18.5. The van der Waals surface area contributed by atoms with Crippen LogP contribution in [0.2, 0.25) is 5.02 Å². The van der Waals surface area contributed by atoms with Gasteiger partial charge in [-0.15, -0.1) is 0 Å². The number of aromatic nitrogens is 2. The molecule has 0 bridgehead atoms. The van der Waals surface area contributed by atoms with E-state index in [0.29, 0.717) is 10.4 Å². The largest absolute Gasteiger partial charge is 0.434 e. The zero-order chi connectivity index (χ0) is 22.7. The summed E-state index contributed by atoms with van der Waals surface area (Å²) in [5.74, 6) is 1.28. The van der Waals surface area contributed by atoms with Gasteiger partial charge in [0, 0.05) is 41.8 Å². The number of anilines is 1. The first-order valence-corrected chi connectivity index (χ1v) is 11.5. The number of rotatable bonds is 5. The van der Waals surface area contributed by atoms with Crippen LogP contribution in [0, 0.1) is 0 Å². The smallest absolute Gasteiger partial charge is 0.322 e. The van der Waals surface area contributed by atoms with Crippen LogP contribution in [0.15, 0.2) is 54.7 Å². The zero-order valence-electron chi connectivity index (χ0n) is 16.9. The Kier molecular flexibility index (Phi) is 6.78. The Morgan fingerprint density at radius 1 is 1.12 bits per heavy atom. The van der Waals surface area contributed by atoms with Crippen molar-refractivity contribution in [2.45, 2.75) is 12.7 Å². The predicted octanol–water partition coefficient (Wildman–Crippen LogP) is 5.35. The minimum atomic E-state index is -4.79. The second-order valence-corrected chi connectivity index (χ2v) is 9.00. The van der Waals surface area contributed by atoms with Gasteiger partial charge in [0.1, 0.15) is 0 Å². The number of nitrogens with zero attached hydrogens (tertiary/aromatic N) is 3. The molecule has 2 aromatic carbocycles. The second kappa shape index (κ2) is 9.56. The molecule has 0 unspecified atom stereocenters. The molecular weight excluding hydrogens is 461 g/mol. The third-order valence-corrected chi connectivity index (χ3v) is 6.21. The highest BCUT2D eigenvalue weighted by Gasteiger charge is 2.40. The average molecular weight is 481 g/mol. The van der Waals surface area contributed by atoms with E-state index in [9.17, 15) is 18.0 Å². The summed E-state index contributed by atoms with van der Waals surface area (Å²) < 4.78 is 42.3. The highest BCUT2D eigenvalue weighted by Crippen LogP contribution is 2.34. The standard InChI is InChI=1S/C22H20ClF3N4OS/c23-16-4-2-6-18(12-16)30-20(22(24,25)26)19(13-27-30)21(31)28-17-5-1-3-15(11-17)14-29-7-9-32-10-8-29/h1-6,11-13H,7-10,14H2,(H,28,31). The molecule has 0 aliphatic carbocycles. The Balaban J connectivity index is 1.58. The molecule has 0 saturated carbocycles. The maximum atomic E-state index is 13.9. The van der Waals surface area contributed by atoms with Gasteiger partial charge < -0.3 is 5.32 Å². The summed E-state index contributed by atoms with van der Waals surface area (Å²) in [5.41, 5.74) is -0.177. The fourth-order valence-corrected chi connectivity index (χ4v) is 4.72. The lowest BCUT2D eigenvalue weighted by molar-refractivity contribution is -0.143. The van der Waals surface area contributed by atoms with E-state index in [4.69, 9.17) is 11.6 Å². The van der Waals surface area contributed by atoms with E-state index in [-0.39, 0.29) is 10.7 Å². The molecule has 32 heavy (non-hydrogen) atoms. The topological polar surface area (TPSA) is 50.2 Å². The number of nitrogens with one attached hydrogen (secondary N) is 1. The van der Waals surface area contributed by atoms with Gasteiger partial charge in [-0.3, -0.25) is 9.69 Å². The first-order chi connectivity index (χ1) is 15.3. The number of amides is 1. The SMILES string of the molecule is O=C(Nc1cccc(CN2CCSCC2)c1)c1cnn(-c2cccc(Cl)c2)c1C(F)(F)F. The lowest BCUT2D eigenvalue weighted by atomic mass is 10.1. The number of alkyl halides is 3. The Labute approximate surface area is 192 Å². The molecule has 1 aliphatic rings. The minimum Gasteiger partial charge on any atom is -0.322 e. The van der Waals surface area contributed by atoms with Crippen LogP contribution in [-0.2, 0) is 12.7 Å². The maximum absolute atomic E-state index is 13.9. The number of carbonyl (C=O) groups is 1. The van der Waals surface area contributed by atoms with Crippen molar-refractivity contribution in [3.05, 3.63) is 76.6 Å². The van der Waals surface area contributed by atoms with Crippen LogP contribution in [-0.4, -0.2) is 45.2 Å². The van der Waals surface area contributed by atoms with Crippen LogP contribution in [0.25, 0.3) is 5.69 Å².